The van der Waals surface area contributed by atoms with Crippen LogP contribution in [0.3, 0.4) is 0 Å². The standard InChI is InChI=1S/C12H16O/c1-3-4-11-5-7-12(8-6-11)10(2)9-13/h5-10H,3-4H2,1-2H3/t10-/m1/s1. The molecule has 0 aliphatic rings. The first kappa shape index (κ1) is 9.97. The number of hydrogen-bond donors (Lipinski definition) is 0. The minimum Gasteiger partial charge on any atom is -0.303 e. The van der Waals surface area contributed by atoms with Crippen LogP contribution in [0.15, 0.2) is 24.3 Å². The van der Waals surface area contributed by atoms with Gasteiger partial charge in [0.2, 0.25) is 0 Å². The Morgan fingerprint density at radius 2 is 1.92 bits per heavy atom. The summed E-state index contributed by atoms with van der Waals surface area (Å²) < 4.78 is 0. The summed E-state index contributed by atoms with van der Waals surface area (Å²) in [4.78, 5) is 10.5. The van der Waals surface area contributed by atoms with Gasteiger partial charge in [0.05, 0.1) is 0 Å². The molecule has 0 amide bonds. The number of carbonyl (C=O) groups excluding carboxylic acids is 1. The van der Waals surface area contributed by atoms with Gasteiger partial charge < -0.3 is 4.79 Å². The number of carbonyl (C=O) groups is 1. The van der Waals surface area contributed by atoms with Gasteiger partial charge in [-0.05, 0) is 17.5 Å². The molecule has 0 N–H and O–H groups in total. The molecule has 13 heavy (non-hydrogen) atoms. The van der Waals surface area contributed by atoms with Gasteiger partial charge in [-0.25, -0.2) is 0 Å². The molecule has 1 aromatic carbocycles. The largest absolute Gasteiger partial charge is 0.303 e. The zero-order chi connectivity index (χ0) is 9.68. The van der Waals surface area contributed by atoms with Gasteiger partial charge in [0.25, 0.3) is 0 Å². The van der Waals surface area contributed by atoms with Crippen LogP contribution in [0.1, 0.15) is 37.3 Å². The van der Waals surface area contributed by atoms with Crippen LogP contribution >= 0.6 is 0 Å². The van der Waals surface area contributed by atoms with Crippen LogP contribution in [-0.2, 0) is 11.2 Å². The van der Waals surface area contributed by atoms with E-state index in [1.807, 2.05) is 19.1 Å². The normalized spacial score (nSPS) is 12.5. The van der Waals surface area contributed by atoms with Crippen LogP contribution in [0.25, 0.3) is 0 Å². The van der Waals surface area contributed by atoms with E-state index < -0.39 is 0 Å². The Kier molecular flexibility index (Phi) is 3.69. The van der Waals surface area contributed by atoms with Gasteiger partial charge in [-0.3, -0.25) is 0 Å². The maximum absolute atomic E-state index is 10.5. The molecule has 1 rings (SSSR count). The molecular weight excluding hydrogens is 160 g/mol. The van der Waals surface area contributed by atoms with E-state index in [-0.39, 0.29) is 5.92 Å². The van der Waals surface area contributed by atoms with Crippen LogP contribution in [0.4, 0.5) is 0 Å². The van der Waals surface area contributed by atoms with Crippen molar-refractivity contribution >= 4 is 6.29 Å². The van der Waals surface area contributed by atoms with Crippen molar-refractivity contribution in [2.75, 3.05) is 0 Å². The second kappa shape index (κ2) is 4.80. The highest BCUT2D eigenvalue weighted by atomic mass is 16.1. The van der Waals surface area contributed by atoms with E-state index in [1.165, 1.54) is 12.0 Å². The lowest BCUT2D eigenvalue weighted by atomic mass is 10.00. The van der Waals surface area contributed by atoms with Gasteiger partial charge in [0.1, 0.15) is 6.29 Å². The molecule has 0 unspecified atom stereocenters. The van der Waals surface area contributed by atoms with Crippen molar-refractivity contribution in [1.82, 2.24) is 0 Å². The summed E-state index contributed by atoms with van der Waals surface area (Å²) in [5.74, 6) is 0.0238. The third-order valence-corrected chi connectivity index (χ3v) is 2.25. The third-order valence-electron chi connectivity index (χ3n) is 2.25. The monoisotopic (exact) mass is 176 g/mol. The molecule has 0 spiro atoms. The van der Waals surface area contributed by atoms with Crippen LogP contribution in [0.2, 0.25) is 0 Å². The molecule has 0 radical (unpaired) electrons. The molecule has 0 heterocycles. The van der Waals surface area contributed by atoms with E-state index in [9.17, 15) is 4.79 Å². The van der Waals surface area contributed by atoms with Crippen LogP contribution in [-0.4, -0.2) is 6.29 Å². The summed E-state index contributed by atoms with van der Waals surface area (Å²) in [7, 11) is 0. The number of benzene rings is 1. The van der Waals surface area contributed by atoms with Crippen molar-refractivity contribution < 1.29 is 4.79 Å². The van der Waals surface area contributed by atoms with E-state index in [0.29, 0.717) is 0 Å². The SMILES string of the molecule is CCCc1ccc([C@H](C)C=O)cc1. The molecule has 1 nitrogen and oxygen atoms in total. The number of aldehydes is 1. The van der Waals surface area contributed by atoms with E-state index in [2.05, 4.69) is 19.1 Å². The van der Waals surface area contributed by atoms with E-state index >= 15 is 0 Å². The molecule has 0 aromatic heterocycles. The predicted octanol–water partition coefficient (Wildman–Crippen LogP) is 2.94. The maximum Gasteiger partial charge on any atom is 0.127 e. The fraction of sp³-hybridized carbons (Fsp3) is 0.417. The molecule has 70 valence electrons. The lowest BCUT2D eigenvalue weighted by Crippen LogP contribution is -1.94. The van der Waals surface area contributed by atoms with E-state index in [1.54, 1.807) is 0 Å². The van der Waals surface area contributed by atoms with Gasteiger partial charge in [-0.1, -0.05) is 44.5 Å². The lowest BCUT2D eigenvalue weighted by molar-refractivity contribution is -0.108. The zero-order valence-corrected chi connectivity index (χ0v) is 8.29. The van der Waals surface area contributed by atoms with E-state index in [0.717, 1.165) is 18.3 Å². The fourth-order valence-corrected chi connectivity index (χ4v) is 1.36. The van der Waals surface area contributed by atoms with Gasteiger partial charge in [0.15, 0.2) is 0 Å². The number of aryl methyl sites for hydroxylation is 1. The Hall–Kier alpha value is -1.11. The second-order valence-electron chi connectivity index (χ2n) is 3.42. The van der Waals surface area contributed by atoms with Crippen molar-refractivity contribution in [3.63, 3.8) is 0 Å². The molecule has 0 aliphatic heterocycles. The Bertz CT molecular complexity index is 261. The molecule has 1 aromatic rings. The quantitative estimate of drug-likeness (QED) is 0.645. The average molecular weight is 176 g/mol. The smallest absolute Gasteiger partial charge is 0.127 e. The molecule has 0 fully saturated rings. The number of rotatable bonds is 4. The zero-order valence-electron chi connectivity index (χ0n) is 8.29. The van der Waals surface area contributed by atoms with Crippen molar-refractivity contribution in [1.29, 1.82) is 0 Å². The van der Waals surface area contributed by atoms with Crippen LogP contribution in [0.5, 0.6) is 0 Å². The van der Waals surface area contributed by atoms with Crippen molar-refractivity contribution in [3.05, 3.63) is 35.4 Å². The molecule has 0 aliphatic carbocycles. The molecule has 1 heteroatoms. The summed E-state index contributed by atoms with van der Waals surface area (Å²) in [5.41, 5.74) is 2.46. The first-order chi connectivity index (χ1) is 6.27. The van der Waals surface area contributed by atoms with Gasteiger partial charge in [0, 0.05) is 5.92 Å². The highest BCUT2D eigenvalue weighted by Crippen LogP contribution is 2.14. The van der Waals surface area contributed by atoms with Crippen molar-refractivity contribution in [2.45, 2.75) is 32.6 Å². The Labute approximate surface area is 79.8 Å². The minimum absolute atomic E-state index is 0.0238. The Balaban J connectivity index is 2.74. The Morgan fingerprint density at radius 1 is 1.31 bits per heavy atom. The Morgan fingerprint density at radius 3 is 2.38 bits per heavy atom. The average Bonchev–Trinajstić information content (AvgIpc) is 2.18. The maximum atomic E-state index is 10.5. The summed E-state index contributed by atoms with van der Waals surface area (Å²) in [6, 6.07) is 8.31. The first-order valence-corrected chi connectivity index (χ1v) is 4.82. The number of hydrogen-bond acceptors (Lipinski definition) is 1. The topological polar surface area (TPSA) is 17.1 Å². The summed E-state index contributed by atoms with van der Waals surface area (Å²) in [6.07, 6.45) is 3.27. The second-order valence-corrected chi connectivity index (χ2v) is 3.42. The predicted molar refractivity (Wildman–Crippen MR) is 54.9 cm³/mol. The summed E-state index contributed by atoms with van der Waals surface area (Å²) in [5, 5.41) is 0. The van der Waals surface area contributed by atoms with Crippen molar-refractivity contribution in [3.8, 4) is 0 Å². The van der Waals surface area contributed by atoms with Gasteiger partial charge in [-0.15, -0.1) is 0 Å². The summed E-state index contributed by atoms with van der Waals surface area (Å²) >= 11 is 0. The third kappa shape index (κ3) is 2.69. The minimum atomic E-state index is 0.0238. The highest BCUT2D eigenvalue weighted by Gasteiger charge is 2.02. The van der Waals surface area contributed by atoms with E-state index in [4.69, 9.17) is 0 Å². The summed E-state index contributed by atoms with van der Waals surface area (Å²) in [6.45, 7) is 4.09. The van der Waals surface area contributed by atoms with Crippen LogP contribution in [0, 0.1) is 0 Å². The molecule has 0 bridgehead atoms. The first-order valence-electron chi connectivity index (χ1n) is 4.82. The molecular formula is C12H16O. The fourth-order valence-electron chi connectivity index (χ4n) is 1.36. The van der Waals surface area contributed by atoms with Crippen LogP contribution < -0.4 is 0 Å². The van der Waals surface area contributed by atoms with Gasteiger partial charge in [-0.2, -0.15) is 0 Å². The lowest BCUT2D eigenvalue weighted by Gasteiger charge is -2.04. The highest BCUT2D eigenvalue weighted by molar-refractivity contribution is 5.61. The molecule has 1 atom stereocenters. The molecule has 0 saturated carbocycles. The van der Waals surface area contributed by atoms with Crippen molar-refractivity contribution in [2.24, 2.45) is 0 Å². The molecule has 0 saturated heterocycles. The van der Waals surface area contributed by atoms with Gasteiger partial charge >= 0.3 is 0 Å².